The average Bonchev–Trinajstić information content (AvgIpc) is 2.34. The van der Waals surface area contributed by atoms with E-state index in [4.69, 9.17) is 0 Å². The first kappa shape index (κ1) is 15.0. The molecule has 1 saturated heterocycles. The maximum atomic E-state index is 11.6. The molecular formula is C13H22N4O2S. The average molecular weight is 298 g/mol. The van der Waals surface area contributed by atoms with Crippen molar-refractivity contribution in [2.75, 3.05) is 34.8 Å². The molecule has 1 aromatic rings. The molecule has 0 spiro atoms. The Kier molecular flexibility index (Phi) is 4.47. The van der Waals surface area contributed by atoms with Gasteiger partial charge in [0.2, 0.25) is 0 Å². The van der Waals surface area contributed by atoms with E-state index in [1.807, 2.05) is 24.8 Å². The lowest BCUT2D eigenvalue weighted by molar-refractivity contribution is 0.566. The zero-order valence-electron chi connectivity index (χ0n) is 12.3. The number of hydrogen-bond acceptors (Lipinski definition) is 6. The number of rotatable bonds is 4. The van der Waals surface area contributed by atoms with Crippen LogP contribution in [0.2, 0.25) is 0 Å². The van der Waals surface area contributed by atoms with Crippen LogP contribution in [0.3, 0.4) is 0 Å². The van der Waals surface area contributed by atoms with Gasteiger partial charge in [-0.05, 0) is 20.3 Å². The second-order valence-corrected chi connectivity index (χ2v) is 7.47. The summed E-state index contributed by atoms with van der Waals surface area (Å²) in [5, 5.41) is 3.25. The minimum absolute atomic E-state index is 0.0536. The van der Waals surface area contributed by atoms with Crippen LogP contribution in [0.15, 0.2) is 6.07 Å². The number of hydrogen-bond donors (Lipinski definition) is 1. The first-order valence-electron chi connectivity index (χ1n) is 6.98. The Hall–Kier alpha value is -1.37. The summed E-state index contributed by atoms with van der Waals surface area (Å²) in [5.41, 5.74) is 0. The minimum Gasteiger partial charge on any atom is -0.370 e. The van der Waals surface area contributed by atoms with Crippen LogP contribution in [0, 0.1) is 6.92 Å². The fraction of sp³-hybridized carbons (Fsp3) is 0.692. The predicted octanol–water partition coefficient (Wildman–Crippen LogP) is 1.23. The molecule has 0 bridgehead atoms. The Morgan fingerprint density at radius 3 is 2.85 bits per heavy atom. The molecule has 2 rings (SSSR count). The third-order valence-electron chi connectivity index (χ3n) is 3.35. The van der Waals surface area contributed by atoms with E-state index in [9.17, 15) is 8.42 Å². The van der Waals surface area contributed by atoms with Gasteiger partial charge < -0.3 is 10.2 Å². The summed E-state index contributed by atoms with van der Waals surface area (Å²) < 4.78 is 23.3. The largest absolute Gasteiger partial charge is 0.370 e. The molecule has 1 atom stereocenters. The summed E-state index contributed by atoms with van der Waals surface area (Å²) in [6.45, 7) is 7.23. The second-order valence-electron chi connectivity index (χ2n) is 5.24. The Balaban J connectivity index is 2.22. The Morgan fingerprint density at radius 2 is 2.20 bits per heavy atom. The molecule has 0 saturated carbocycles. The van der Waals surface area contributed by atoms with E-state index < -0.39 is 9.84 Å². The van der Waals surface area contributed by atoms with Crippen LogP contribution in [0.25, 0.3) is 0 Å². The Morgan fingerprint density at radius 1 is 1.45 bits per heavy atom. The van der Waals surface area contributed by atoms with Crippen molar-refractivity contribution >= 4 is 21.5 Å². The maximum absolute atomic E-state index is 11.6. The van der Waals surface area contributed by atoms with Crippen LogP contribution in [0.1, 0.15) is 26.1 Å². The number of nitrogens with one attached hydrogen (secondary N) is 1. The third kappa shape index (κ3) is 3.59. The van der Waals surface area contributed by atoms with Crippen LogP contribution >= 0.6 is 0 Å². The summed E-state index contributed by atoms with van der Waals surface area (Å²) in [5.74, 6) is 2.68. The lowest BCUT2D eigenvalue weighted by Gasteiger charge is -2.34. The Labute approximate surface area is 120 Å². The van der Waals surface area contributed by atoms with E-state index >= 15 is 0 Å². The van der Waals surface area contributed by atoms with Gasteiger partial charge in [0.05, 0.1) is 11.5 Å². The summed E-state index contributed by atoms with van der Waals surface area (Å²) in [6, 6.07) is 1.85. The molecule has 1 unspecified atom stereocenters. The molecule has 1 fully saturated rings. The number of sulfone groups is 1. The van der Waals surface area contributed by atoms with Crippen molar-refractivity contribution in [1.29, 1.82) is 0 Å². The molecular weight excluding hydrogens is 276 g/mol. The highest BCUT2D eigenvalue weighted by Crippen LogP contribution is 2.22. The minimum atomic E-state index is -2.91. The summed E-state index contributed by atoms with van der Waals surface area (Å²) in [6.07, 6.45) is 1.02. The van der Waals surface area contributed by atoms with Crippen molar-refractivity contribution in [3.05, 3.63) is 11.9 Å². The van der Waals surface area contributed by atoms with Crippen molar-refractivity contribution in [2.24, 2.45) is 0 Å². The smallest absolute Gasteiger partial charge is 0.154 e. The third-order valence-corrected chi connectivity index (χ3v) is 5.14. The molecule has 2 heterocycles. The highest BCUT2D eigenvalue weighted by atomic mass is 32.2. The zero-order chi connectivity index (χ0) is 14.8. The molecule has 1 N–H and O–H groups in total. The van der Waals surface area contributed by atoms with E-state index in [-0.39, 0.29) is 17.5 Å². The van der Waals surface area contributed by atoms with E-state index in [1.165, 1.54) is 0 Å². The second kappa shape index (κ2) is 5.95. The van der Waals surface area contributed by atoms with Gasteiger partial charge in [-0.25, -0.2) is 18.4 Å². The monoisotopic (exact) mass is 298 g/mol. The standard InChI is InChI=1S/C13H22N4O2S/c1-4-5-14-12-8-13(16-11(3)15-12)17-6-7-20(18,19)9-10(17)2/h8,10H,4-7,9H2,1-3H3,(H,14,15,16). The zero-order valence-corrected chi connectivity index (χ0v) is 13.1. The molecule has 0 radical (unpaired) electrons. The van der Waals surface area contributed by atoms with Gasteiger partial charge in [-0.15, -0.1) is 0 Å². The molecule has 112 valence electrons. The van der Waals surface area contributed by atoms with E-state index in [0.717, 1.165) is 24.6 Å². The van der Waals surface area contributed by atoms with Crippen LogP contribution in [0.5, 0.6) is 0 Å². The normalized spacial score (nSPS) is 21.8. The summed E-state index contributed by atoms with van der Waals surface area (Å²) in [7, 11) is -2.91. The number of anilines is 2. The lowest BCUT2D eigenvalue weighted by atomic mass is 10.3. The molecule has 1 aliphatic rings. The number of aryl methyl sites for hydroxylation is 1. The van der Waals surface area contributed by atoms with Crippen LogP contribution in [-0.2, 0) is 9.84 Å². The van der Waals surface area contributed by atoms with Crippen molar-refractivity contribution in [3.8, 4) is 0 Å². The fourth-order valence-electron chi connectivity index (χ4n) is 2.38. The van der Waals surface area contributed by atoms with Crippen molar-refractivity contribution in [1.82, 2.24) is 9.97 Å². The molecule has 1 aliphatic heterocycles. The molecule has 0 aromatic carbocycles. The van der Waals surface area contributed by atoms with Gasteiger partial charge in [0.25, 0.3) is 0 Å². The fourth-order valence-corrected chi connectivity index (χ4v) is 3.94. The quantitative estimate of drug-likeness (QED) is 0.901. The van der Waals surface area contributed by atoms with E-state index in [1.54, 1.807) is 0 Å². The topological polar surface area (TPSA) is 75.2 Å². The number of aromatic nitrogens is 2. The van der Waals surface area contributed by atoms with E-state index in [2.05, 4.69) is 22.2 Å². The van der Waals surface area contributed by atoms with Crippen molar-refractivity contribution in [2.45, 2.75) is 33.2 Å². The van der Waals surface area contributed by atoms with Gasteiger partial charge in [-0.2, -0.15) is 0 Å². The maximum Gasteiger partial charge on any atom is 0.154 e. The SMILES string of the molecule is CCCNc1cc(N2CCS(=O)(=O)CC2C)nc(C)n1. The van der Waals surface area contributed by atoms with Gasteiger partial charge in [0.15, 0.2) is 9.84 Å². The first-order valence-corrected chi connectivity index (χ1v) is 8.80. The van der Waals surface area contributed by atoms with Gasteiger partial charge in [0.1, 0.15) is 17.5 Å². The Bertz CT molecular complexity index is 574. The van der Waals surface area contributed by atoms with E-state index in [0.29, 0.717) is 12.4 Å². The van der Waals surface area contributed by atoms with Crippen LogP contribution < -0.4 is 10.2 Å². The van der Waals surface area contributed by atoms with Crippen LogP contribution in [-0.4, -0.2) is 49.0 Å². The highest BCUT2D eigenvalue weighted by Gasteiger charge is 2.29. The molecule has 0 amide bonds. The first-order chi connectivity index (χ1) is 9.41. The van der Waals surface area contributed by atoms with Gasteiger partial charge >= 0.3 is 0 Å². The van der Waals surface area contributed by atoms with Gasteiger partial charge in [0, 0.05) is 25.2 Å². The molecule has 20 heavy (non-hydrogen) atoms. The number of nitrogens with zero attached hydrogens (tertiary/aromatic N) is 3. The molecule has 6 nitrogen and oxygen atoms in total. The summed E-state index contributed by atoms with van der Waals surface area (Å²) >= 11 is 0. The van der Waals surface area contributed by atoms with Gasteiger partial charge in [-0.1, -0.05) is 6.92 Å². The lowest BCUT2D eigenvalue weighted by Crippen LogP contribution is -2.47. The van der Waals surface area contributed by atoms with Crippen molar-refractivity contribution < 1.29 is 8.42 Å². The van der Waals surface area contributed by atoms with Crippen molar-refractivity contribution in [3.63, 3.8) is 0 Å². The predicted molar refractivity (Wildman–Crippen MR) is 81.0 cm³/mol. The summed E-state index contributed by atoms with van der Waals surface area (Å²) in [4.78, 5) is 10.8. The highest BCUT2D eigenvalue weighted by molar-refractivity contribution is 7.91. The van der Waals surface area contributed by atoms with Gasteiger partial charge in [-0.3, -0.25) is 0 Å². The van der Waals surface area contributed by atoms with Crippen LogP contribution in [0.4, 0.5) is 11.6 Å². The molecule has 0 aliphatic carbocycles. The molecule has 1 aromatic heterocycles. The molecule has 7 heteroatoms.